The van der Waals surface area contributed by atoms with Crippen molar-refractivity contribution in [3.05, 3.63) is 29.3 Å². The summed E-state index contributed by atoms with van der Waals surface area (Å²) in [6, 6.07) is 7.25. The van der Waals surface area contributed by atoms with E-state index in [2.05, 4.69) is 42.3 Å². The highest BCUT2D eigenvalue weighted by atomic mass is 35.5. The van der Waals surface area contributed by atoms with Gasteiger partial charge in [-0.1, -0.05) is 26.0 Å². The van der Waals surface area contributed by atoms with Crippen molar-refractivity contribution in [2.24, 2.45) is 5.92 Å². The number of benzene rings is 1. The monoisotopic (exact) mass is 324 g/mol. The molecule has 3 fully saturated rings. The Hall–Kier alpha value is -0.770. The maximum absolute atomic E-state index is 5.53. The minimum atomic E-state index is 0. The molecule has 3 aliphatic heterocycles. The molecule has 1 aromatic rings. The van der Waals surface area contributed by atoms with Crippen molar-refractivity contribution >= 4 is 12.4 Å². The van der Waals surface area contributed by atoms with Crippen LogP contribution in [0.3, 0.4) is 0 Å². The maximum atomic E-state index is 5.53. The molecule has 0 aromatic heterocycles. The molecule has 4 rings (SSSR count). The fraction of sp³-hybridized carbons (Fsp3) is 0.667. The molecule has 0 radical (unpaired) electrons. The molecule has 1 aromatic carbocycles. The third-order valence-corrected chi connectivity index (χ3v) is 5.18. The lowest BCUT2D eigenvalue weighted by molar-refractivity contribution is 0.0719. The molecule has 2 bridgehead atoms. The predicted molar refractivity (Wildman–Crippen MR) is 94.1 cm³/mol. The zero-order valence-corrected chi connectivity index (χ0v) is 14.8. The molecule has 4 heteroatoms. The summed E-state index contributed by atoms with van der Waals surface area (Å²) < 4.78 is 5.53. The van der Waals surface area contributed by atoms with Crippen LogP contribution in [0.4, 0.5) is 0 Å². The SMILES string of the molecule is COc1ccc(C(C)C)cc1CNC1CN2CCC1CC2.Cl. The first-order valence-electron chi connectivity index (χ1n) is 8.30. The lowest BCUT2D eigenvalue weighted by Crippen LogP contribution is -2.55. The first kappa shape index (κ1) is 17.6. The molecule has 0 spiro atoms. The van der Waals surface area contributed by atoms with Gasteiger partial charge in [-0.25, -0.2) is 0 Å². The van der Waals surface area contributed by atoms with Crippen LogP contribution in [0.25, 0.3) is 0 Å². The van der Waals surface area contributed by atoms with Gasteiger partial charge in [-0.05, 0) is 49.4 Å². The lowest BCUT2D eigenvalue weighted by atomic mass is 9.84. The Morgan fingerprint density at radius 1 is 1.27 bits per heavy atom. The molecule has 3 nitrogen and oxygen atoms in total. The first-order chi connectivity index (χ1) is 10.2. The lowest BCUT2D eigenvalue weighted by Gasteiger charge is -2.45. The summed E-state index contributed by atoms with van der Waals surface area (Å²) in [5.74, 6) is 2.44. The zero-order chi connectivity index (χ0) is 14.8. The fourth-order valence-corrected chi connectivity index (χ4v) is 3.73. The van der Waals surface area contributed by atoms with Crippen LogP contribution in [-0.2, 0) is 6.54 Å². The molecule has 22 heavy (non-hydrogen) atoms. The summed E-state index contributed by atoms with van der Waals surface area (Å²) in [5, 5.41) is 3.79. The number of halogens is 1. The average Bonchev–Trinajstić information content (AvgIpc) is 2.53. The Morgan fingerprint density at radius 2 is 2.00 bits per heavy atom. The van der Waals surface area contributed by atoms with Crippen molar-refractivity contribution in [2.75, 3.05) is 26.7 Å². The van der Waals surface area contributed by atoms with E-state index in [1.165, 1.54) is 43.6 Å². The second-order valence-electron chi connectivity index (χ2n) is 6.85. The minimum Gasteiger partial charge on any atom is -0.496 e. The summed E-state index contributed by atoms with van der Waals surface area (Å²) >= 11 is 0. The van der Waals surface area contributed by atoms with Gasteiger partial charge in [-0.3, -0.25) is 0 Å². The van der Waals surface area contributed by atoms with Gasteiger partial charge in [-0.2, -0.15) is 0 Å². The van der Waals surface area contributed by atoms with Crippen LogP contribution in [0, 0.1) is 5.92 Å². The van der Waals surface area contributed by atoms with Crippen molar-refractivity contribution in [3.8, 4) is 5.75 Å². The number of ether oxygens (including phenoxy) is 1. The van der Waals surface area contributed by atoms with Crippen LogP contribution in [0.1, 0.15) is 43.7 Å². The molecule has 3 saturated heterocycles. The van der Waals surface area contributed by atoms with Crippen LogP contribution in [-0.4, -0.2) is 37.7 Å². The largest absolute Gasteiger partial charge is 0.496 e. The molecular formula is C18H29ClN2O. The number of nitrogens with one attached hydrogen (secondary N) is 1. The topological polar surface area (TPSA) is 24.5 Å². The van der Waals surface area contributed by atoms with E-state index in [-0.39, 0.29) is 12.4 Å². The molecule has 3 aliphatic rings. The van der Waals surface area contributed by atoms with Gasteiger partial charge in [-0.15, -0.1) is 12.4 Å². The van der Waals surface area contributed by atoms with Crippen molar-refractivity contribution in [1.82, 2.24) is 10.2 Å². The summed E-state index contributed by atoms with van der Waals surface area (Å²) in [4.78, 5) is 2.60. The van der Waals surface area contributed by atoms with E-state index in [0.29, 0.717) is 12.0 Å². The summed E-state index contributed by atoms with van der Waals surface area (Å²) in [5.41, 5.74) is 2.68. The van der Waals surface area contributed by atoms with Gasteiger partial charge >= 0.3 is 0 Å². The first-order valence-corrected chi connectivity index (χ1v) is 8.30. The van der Waals surface area contributed by atoms with Gasteiger partial charge in [0.25, 0.3) is 0 Å². The third-order valence-electron chi connectivity index (χ3n) is 5.18. The van der Waals surface area contributed by atoms with Crippen molar-refractivity contribution in [2.45, 2.75) is 45.2 Å². The number of hydrogen-bond donors (Lipinski definition) is 1. The molecule has 0 amide bonds. The van der Waals surface area contributed by atoms with Gasteiger partial charge in [0.2, 0.25) is 0 Å². The molecule has 1 N–H and O–H groups in total. The number of methoxy groups -OCH3 is 1. The standard InChI is InChI=1S/C18H28N2O.ClH/c1-13(2)15-4-5-18(21-3)16(10-15)11-19-17-12-20-8-6-14(17)7-9-20;/h4-5,10,13-14,17,19H,6-9,11-12H2,1-3H3;1H. The predicted octanol–water partition coefficient (Wildman–Crippen LogP) is 3.42. The normalized spacial score (nSPS) is 26.8. The van der Waals surface area contributed by atoms with Crippen LogP contribution in [0.15, 0.2) is 18.2 Å². The summed E-state index contributed by atoms with van der Waals surface area (Å²) in [7, 11) is 1.77. The van der Waals surface area contributed by atoms with Gasteiger partial charge in [0, 0.05) is 24.7 Å². The average molecular weight is 325 g/mol. The highest BCUT2D eigenvalue weighted by Gasteiger charge is 2.33. The number of fused-ring (bicyclic) bond motifs is 3. The Labute approximate surface area is 140 Å². The van der Waals surface area contributed by atoms with Gasteiger partial charge in [0.05, 0.1) is 7.11 Å². The number of hydrogen-bond acceptors (Lipinski definition) is 3. The third kappa shape index (κ3) is 3.76. The maximum Gasteiger partial charge on any atom is 0.123 e. The summed E-state index contributed by atoms with van der Waals surface area (Å²) in [6.45, 7) is 9.22. The molecule has 124 valence electrons. The zero-order valence-electron chi connectivity index (χ0n) is 14.0. The Kier molecular flexibility index (Phi) is 6.13. The van der Waals surface area contributed by atoms with Crippen molar-refractivity contribution < 1.29 is 4.74 Å². The van der Waals surface area contributed by atoms with Crippen LogP contribution < -0.4 is 10.1 Å². The molecule has 0 aliphatic carbocycles. The Bertz CT molecular complexity index is 484. The highest BCUT2D eigenvalue weighted by Crippen LogP contribution is 2.29. The van der Waals surface area contributed by atoms with Gasteiger partial charge in [0.1, 0.15) is 5.75 Å². The summed E-state index contributed by atoms with van der Waals surface area (Å²) in [6.07, 6.45) is 2.72. The van der Waals surface area contributed by atoms with Crippen LogP contribution in [0.2, 0.25) is 0 Å². The van der Waals surface area contributed by atoms with Gasteiger partial charge in [0.15, 0.2) is 0 Å². The van der Waals surface area contributed by atoms with E-state index in [4.69, 9.17) is 4.74 Å². The quantitative estimate of drug-likeness (QED) is 0.898. The Morgan fingerprint density at radius 3 is 2.55 bits per heavy atom. The fourth-order valence-electron chi connectivity index (χ4n) is 3.73. The number of piperidine rings is 3. The van der Waals surface area contributed by atoms with Crippen LogP contribution in [0.5, 0.6) is 5.75 Å². The molecule has 1 unspecified atom stereocenters. The second kappa shape index (κ2) is 7.67. The van der Waals surface area contributed by atoms with E-state index in [9.17, 15) is 0 Å². The second-order valence-corrected chi connectivity index (χ2v) is 6.85. The molecule has 1 atom stereocenters. The smallest absolute Gasteiger partial charge is 0.123 e. The van der Waals surface area contributed by atoms with E-state index >= 15 is 0 Å². The van der Waals surface area contributed by atoms with E-state index in [1.54, 1.807) is 7.11 Å². The number of nitrogens with zero attached hydrogens (tertiary/aromatic N) is 1. The molecule has 0 saturated carbocycles. The van der Waals surface area contributed by atoms with E-state index in [0.717, 1.165) is 18.2 Å². The van der Waals surface area contributed by atoms with E-state index in [1.807, 2.05) is 0 Å². The minimum absolute atomic E-state index is 0. The van der Waals surface area contributed by atoms with Crippen molar-refractivity contribution in [1.29, 1.82) is 0 Å². The van der Waals surface area contributed by atoms with Crippen molar-refractivity contribution in [3.63, 3.8) is 0 Å². The number of rotatable bonds is 5. The molecular weight excluding hydrogens is 296 g/mol. The van der Waals surface area contributed by atoms with Gasteiger partial charge < -0.3 is 15.0 Å². The Balaban J connectivity index is 0.00000176. The highest BCUT2D eigenvalue weighted by molar-refractivity contribution is 5.85. The molecule has 3 heterocycles. The van der Waals surface area contributed by atoms with Crippen LogP contribution >= 0.6 is 12.4 Å². The van der Waals surface area contributed by atoms with E-state index < -0.39 is 0 Å².